The van der Waals surface area contributed by atoms with E-state index in [0.29, 0.717) is 35.8 Å². The normalized spacial score (nSPS) is 12.3. The van der Waals surface area contributed by atoms with Gasteiger partial charge in [-0.05, 0) is 56.2 Å². The number of benzene rings is 2. The molecule has 0 saturated carbocycles. The van der Waals surface area contributed by atoms with Crippen LogP contribution in [0.5, 0.6) is 11.5 Å². The molecule has 0 aliphatic heterocycles. The molecule has 0 heterocycles. The molecular weight excluding hydrogens is 404 g/mol. The maximum Gasteiger partial charge on any atom is 0.255 e. The molecule has 2 rings (SSSR count). The van der Waals surface area contributed by atoms with Gasteiger partial charge in [-0.1, -0.05) is 20.3 Å². The number of hydrogen-bond donors (Lipinski definition) is 2. The molecule has 0 radical (unpaired) electrons. The Morgan fingerprint density at radius 3 is 2.40 bits per heavy atom. The number of amides is 1. The van der Waals surface area contributed by atoms with Crippen LogP contribution in [0.15, 0.2) is 47.4 Å². The Hall–Kier alpha value is -2.58. The fraction of sp³-hybridized carbons (Fsp3) is 0.409. The lowest BCUT2D eigenvalue weighted by Crippen LogP contribution is -2.32. The summed E-state index contributed by atoms with van der Waals surface area (Å²) in [6.07, 6.45) is 2.59. The van der Waals surface area contributed by atoms with Gasteiger partial charge >= 0.3 is 0 Å². The van der Waals surface area contributed by atoms with E-state index in [1.807, 2.05) is 6.92 Å². The molecule has 7 nitrogen and oxygen atoms in total. The summed E-state index contributed by atoms with van der Waals surface area (Å²) < 4.78 is 38.3. The van der Waals surface area contributed by atoms with E-state index in [4.69, 9.17) is 9.47 Å². The zero-order valence-electron chi connectivity index (χ0n) is 17.9. The third-order valence-corrected chi connectivity index (χ3v) is 6.19. The molecule has 0 spiro atoms. The van der Waals surface area contributed by atoms with E-state index in [1.54, 1.807) is 32.2 Å². The van der Waals surface area contributed by atoms with Crippen molar-refractivity contribution >= 4 is 21.6 Å². The minimum Gasteiger partial charge on any atom is -0.497 e. The van der Waals surface area contributed by atoms with E-state index in [1.165, 1.54) is 24.3 Å². The Morgan fingerprint density at radius 2 is 1.80 bits per heavy atom. The molecule has 30 heavy (non-hydrogen) atoms. The van der Waals surface area contributed by atoms with Crippen LogP contribution < -0.4 is 19.5 Å². The molecular formula is C22H30N2O5S. The molecule has 2 aromatic rings. The van der Waals surface area contributed by atoms with Crippen LogP contribution in [-0.2, 0) is 10.0 Å². The zero-order valence-corrected chi connectivity index (χ0v) is 18.7. The van der Waals surface area contributed by atoms with Crippen molar-refractivity contribution in [3.63, 3.8) is 0 Å². The molecule has 1 atom stereocenters. The van der Waals surface area contributed by atoms with Crippen LogP contribution in [0.4, 0.5) is 5.69 Å². The van der Waals surface area contributed by atoms with Crippen LogP contribution in [0.2, 0.25) is 0 Å². The molecule has 8 heteroatoms. The average Bonchev–Trinajstić information content (AvgIpc) is 2.74. The summed E-state index contributed by atoms with van der Waals surface area (Å²) in [6.45, 7) is 6.32. The molecule has 0 saturated heterocycles. The van der Waals surface area contributed by atoms with E-state index in [-0.39, 0.29) is 16.8 Å². The Morgan fingerprint density at radius 1 is 1.10 bits per heavy atom. The Balaban J connectivity index is 2.17. The summed E-state index contributed by atoms with van der Waals surface area (Å²) in [7, 11) is -2.07. The van der Waals surface area contributed by atoms with Gasteiger partial charge in [-0.3, -0.25) is 4.79 Å². The largest absolute Gasteiger partial charge is 0.497 e. The van der Waals surface area contributed by atoms with Gasteiger partial charge in [0.2, 0.25) is 10.0 Å². The van der Waals surface area contributed by atoms with E-state index in [0.717, 1.165) is 12.8 Å². The third-order valence-electron chi connectivity index (χ3n) is 4.59. The molecule has 164 valence electrons. The summed E-state index contributed by atoms with van der Waals surface area (Å²) in [5.41, 5.74) is 0.824. The summed E-state index contributed by atoms with van der Waals surface area (Å²) in [5, 5.41) is 2.82. The third kappa shape index (κ3) is 6.47. The van der Waals surface area contributed by atoms with Gasteiger partial charge in [-0.15, -0.1) is 0 Å². The SMILES string of the molecule is CCCCOc1ccc(OC)cc1NC(=O)c1ccc(S(=O)(=O)NC(C)CC)cc1. The standard InChI is InChI=1S/C22H30N2O5S/c1-5-7-14-29-21-13-10-18(28-4)15-20(21)23-22(25)17-8-11-19(12-9-17)30(26,27)24-16(3)6-2/h8-13,15-16,24H,5-7,14H2,1-4H3,(H,23,25). The number of hydrogen-bond acceptors (Lipinski definition) is 5. The molecule has 0 fully saturated rings. The Bertz CT molecular complexity index is 943. The van der Waals surface area contributed by atoms with Gasteiger partial charge in [0.05, 0.1) is 24.3 Å². The molecule has 2 aromatic carbocycles. The predicted octanol–water partition coefficient (Wildman–Crippen LogP) is 4.20. The van der Waals surface area contributed by atoms with Crippen molar-refractivity contribution in [2.24, 2.45) is 0 Å². The number of methoxy groups -OCH3 is 1. The number of carbonyl (C=O) groups excluding carboxylic acids is 1. The summed E-state index contributed by atoms with van der Waals surface area (Å²) in [4.78, 5) is 12.8. The first kappa shape index (κ1) is 23.7. The number of unbranched alkanes of at least 4 members (excludes halogenated alkanes) is 1. The Labute approximate surface area is 178 Å². The van der Waals surface area contributed by atoms with Gasteiger partial charge in [-0.2, -0.15) is 0 Å². The van der Waals surface area contributed by atoms with Crippen molar-refractivity contribution in [2.75, 3.05) is 19.0 Å². The van der Waals surface area contributed by atoms with E-state index in [2.05, 4.69) is 17.0 Å². The van der Waals surface area contributed by atoms with Gasteiger partial charge < -0.3 is 14.8 Å². The lowest BCUT2D eigenvalue weighted by Gasteiger charge is -2.14. The summed E-state index contributed by atoms with van der Waals surface area (Å²) in [5.74, 6) is 0.766. The molecule has 1 unspecified atom stereocenters. The van der Waals surface area contributed by atoms with Crippen molar-refractivity contribution in [1.82, 2.24) is 4.72 Å². The van der Waals surface area contributed by atoms with Gasteiger partial charge in [0.15, 0.2) is 0 Å². The second kappa shape index (κ2) is 11.0. The van der Waals surface area contributed by atoms with Crippen molar-refractivity contribution in [1.29, 1.82) is 0 Å². The maximum absolute atomic E-state index is 12.7. The van der Waals surface area contributed by atoms with E-state index >= 15 is 0 Å². The first-order chi connectivity index (χ1) is 14.3. The smallest absolute Gasteiger partial charge is 0.255 e. The van der Waals surface area contributed by atoms with Crippen molar-refractivity contribution in [3.8, 4) is 11.5 Å². The minimum atomic E-state index is -3.62. The van der Waals surface area contributed by atoms with Crippen LogP contribution in [-0.4, -0.2) is 34.1 Å². The van der Waals surface area contributed by atoms with Crippen molar-refractivity contribution in [2.45, 2.75) is 51.0 Å². The number of carbonyl (C=O) groups is 1. The number of anilines is 1. The number of rotatable bonds is 11. The van der Waals surface area contributed by atoms with Gasteiger partial charge in [-0.25, -0.2) is 13.1 Å². The number of nitrogens with one attached hydrogen (secondary N) is 2. The monoisotopic (exact) mass is 434 g/mol. The lowest BCUT2D eigenvalue weighted by molar-refractivity contribution is 0.102. The predicted molar refractivity (Wildman–Crippen MR) is 118 cm³/mol. The molecule has 2 N–H and O–H groups in total. The van der Waals surface area contributed by atoms with Crippen LogP contribution in [0, 0.1) is 0 Å². The highest BCUT2D eigenvalue weighted by molar-refractivity contribution is 7.89. The van der Waals surface area contributed by atoms with Crippen LogP contribution >= 0.6 is 0 Å². The minimum absolute atomic E-state index is 0.115. The second-order valence-electron chi connectivity index (χ2n) is 6.97. The number of ether oxygens (including phenoxy) is 2. The Kier molecular flexibility index (Phi) is 8.68. The first-order valence-electron chi connectivity index (χ1n) is 10.0. The highest BCUT2D eigenvalue weighted by Gasteiger charge is 2.18. The fourth-order valence-corrected chi connectivity index (χ4v) is 3.91. The van der Waals surface area contributed by atoms with Crippen LogP contribution in [0.25, 0.3) is 0 Å². The summed E-state index contributed by atoms with van der Waals surface area (Å²) >= 11 is 0. The second-order valence-corrected chi connectivity index (χ2v) is 8.69. The van der Waals surface area contributed by atoms with E-state index < -0.39 is 10.0 Å². The van der Waals surface area contributed by atoms with Gasteiger partial charge in [0.1, 0.15) is 11.5 Å². The highest BCUT2D eigenvalue weighted by Crippen LogP contribution is 2.30. The molecule has 0 aliphatic carbocycles. The van der Waals surface area contributed by atoms with Gasteiger partial charge in [0.25, 0.3) is 5.91 Å². The topological polar surface area (TPSA) is 93.7 Å². The number of sulfonamides is 1. The highest BCUT2D eigenvalue weighted by atomic mass is 32.2. The van der Waals surface area contributed by atoms with Crippen LogP contribution in [0.1, 0.15) is 50.4 Å². The molecule has 0 bridgehead atoms. The van der Waals surface area contributed by atoms with Crippen LogP contribution in [0.3, 0.4) is 0 Å². The van der Waals surface area contributed by atoms with E-state index in [9.17, 15) is 13.2 Å². The quantitative estimate of drug-likeness (QED) is 0.517. The average molecular weight is 435 g/mol. The fourth-order valence-electron chi connectivity index (χ4n) is 2.58. The van der Waals surface area contributed by atoms with Gasteiger partial charge in [0, 0.05) is 17.7 Å². The molecule has 0 aliphatic rings. The molecule has 0 aromatic heterocycles. The zero-order chi connectivity index (χ0) is 22.1. The first-order valence-corrected chi connectivity index (χ1v) is 11.5. The van der Waals surface area contributed by atoms with Crippen molar-refractivity contribution in [3.05, 3.63) is 48.0 Å². The lowest BCUT2D eigenvalue weighted by atomic mass is 10.2. The van der Waals surface area contributed by atoms with Crippen molar-refractivity contribution < 1.29 is 22.7 Å². The molecule has 1 amide bonds. The summed E-state index contributed by atoms with van der Waals surface area (Å²) in [6, 6.07) is 10.8. The maximum atomic E-state index is 12.7.